The van der Waals surface area contributed by atoms with E-state index in [1.54, 1.807) is 19.0 Å². The number of rotatable bonds is 3. The predicted octanol–water partition coefficient (Wildman–Crippen LogP) is 4.34. The Kier molecular flexibility index (Phi) is 7.07. The molecule has 34 heavy (non-hydrogen) atoms. The molecule has 1 aromatic carbocycles. The van der Waals surface area contributed by atoms with Gasteiger partial charge in [-0.15, -0.1) is 0 Å². The summed E-state index contributed by atoms with van der Waals surface area (Å²) in [4.78, 5) is 33.0. The Morgan fingerprint density at radius 3 is 2.21 bits per heavy atom. The topological polar surface area (TPSA) is 56.3 Å². The minimum Gasteiger partial charge on any atom is -0.444 e. The van der Waals surface area contributed by atoms with E-state index in [9.17, 15) is 9.59 Å². The summed E-state index contributed by atoms with van der Waals surface area (Å²) >= 11 is 6.42. The summed E-state index contributed by atoms with van der Waals surface area (Å²) in [5, 5.41) is 0.518. The lowest BCUT2D eigenvalue weighted by Crippen LogP contribution is -2.61. The van der Waals surface area contributed by atoms with Gasteiger partial charge in [0.05, 0.1) is 10.6 Å². The molecule has 0 radical (unpaired) electrons. The fourth-order valence-corrected chi connectivity index (χ4v) is 5.74. The van der Waals surface area contributed by atoms with Gasteiger partial charge in [-0.1, -0.05) is 11.6 Å². The maximum atomic E-state index is 12.3. The molecule has 0 bridgehead atoms. The number of amides is 2. The zero-order valence-corrected chi connectivity index (χ0v) is 22.0. The van der Waals surface area contributed by atoms with Gasteiger partial charge in [0.1, 0.15) is 5.60 Å². The quantitative estimate of drug-likeness (QED) is 0.630. The van der Waals surface area contributed by atoms with Crippen LogP contribution >= 0.6 is 11.6 Å². The van der Waals surface area contributed by atoms with E-state index >= 15 is 0 Å². The van der Waals surface area contributed by atoms with Gasteiger partial charge in [0.15, 0.2) is 0 Å². The van der Waals surface area contributed by atoms with Crippen molar-refractivity contribution in [3.8, 4) is 0 Å². The summed E-state index contributed by atoms with van der Waals surface area (Å²) in [5.74, 6) is -0.0686. The molecule has 0 atom stereocenters. The van der Waals surface area contributed by atoms with Crippen LogP contribution in [0.25, 0.3) is 0 Å². The highest BCUT2D eigenvalue weighted by molar-refractivity contribution is 6.34. The highest BCUT2D eigenvalue weighted by Crippen LogP contribution is 2.44. The molecule has 2 amide bonds. The molecule has 188 valence electrons. The van der Waals surface area contributed by atoms with Gasteiger partial charge >= 0.3 is 6.09 Å². The summed E-state index contributed by atoms with van der Waals surface area (Å²) in [5.41, 5.74) is 1.60. The van der Waals surface area contributed by atoms with E-state index in [1.807, 2.05) is 43.9 Å². The molecule has 3 fully saturated rings. The summed E-state index contributed by atoms with van der Waals surface area (Å²) in [7, 11) is 3.48. The van der Waals surface area contributed by atoms with Crippen molar-refractivity contribution in [3.63, 3.8) is 0 Å². The van der Waals surface area contributed by atoms with Crippen molar-refractivity contribution >= 4 is 29.3 Å². The van der Waals surface area contributed by atoms with Gasteiger partial charge < -0.3 is 24.3 Å². The van der Waals surface area contributed by atoms with Crippen LogP contribution in [0.4, 0.5) is 10.5 Å². The fourth-order valence-electron chi connectivity index (χ4n) is 5.48. The second-order valence-corrected chi connectivity index (χ2v) is 11.9. The Balaban J connectivity index is 1.24. The first-order valence-corrected chi connectivity index (χ1v) is 12.8. The average molecular weight is 491 g/mol. The highest BCUT2D eigenvalue weighted by atomic mass is 35.5. The largest absolute Gasteiger partial charge is 0.444 e. The molecule has 4 rings (SSSR count). The van der Waals surface area contributed by atoms with Crippen molar-refractivity contribution in [1.82, 2.24) is 14.7 Å². The molecule has 3 saturated heterocycles. The fraction of sp³-hybridized carbons (Fsp3) is 0.692. The molecular weight excluding hydrogens is 452 g/mol. The van der Waals surface area contributed by atoms with E-state index in [4.69, 9.17) is 16.3 Å². The highest BCUT2D eigenvalue weighted by Gasteiger charge is 2.46. The van der Waals surface area contributed by atoms with E-state index < -0.39 is 5.60 Å². The van der Waals surface area contributed by atoms with Gasteiger partial charge in [0, 0.05) is 57.4 Å². The second kappa shape index (κ2) is 9.57. The zero-order valence-electron chi connectivity index (χ0n) is 21.3. The molecule has 3 aliphatic rings. The van der Waals surface area contributed by atoms with Crippen LogP contribution in [-0.4, -0.2) is 91.7 Å². The van der Waals surface area contributed by atoms with Crippen LogP contribution in [0.3, 0.4) is 0 Å². The molecule has 7 nitrogen and oxygen atoms in total. The van der Waals surface area contributed by atoms with Crippen LogP contribution in [-0.2, 0) is 4.74 Å². The molecule has 0 saturated carbocycles. The number of hydrogen-bond acceptors (Lipinski definition) is 5. The van der Waals surface area contributed by atoms with Crippen LogP contribution < -0.4 is 4.90 Å². The van der Waals surface area contributed by atoms with Crippen LogP contribution in [0, 0.1) is 5.41 Å². The molecule has 3 heterocycles. The average Bonchev–Trinajstić information content (AvgIpc) is 2.76. The van der Waals surface area contributed by atoms with Gasteiger partial charge in [-0.2, -0.15) is 0 Å². The summed E-state index contributed by atoms with van der Waals surface area (Å²) in [6.07, 6.45) is 4.28. The van der Waals surface area contributed by atoms with Crippen LogP contribution in [0.5, 0.6) is 0 Å². The Morgan fingerprint density at radius 2 is 1.68 bits per heavy atom. The maximum Gasteiger partial charge on any atom is 0.410 e. The number of piperidine rings is 2. The molecule has 0 N–H and O–H groups in total. The van der Waals surface area contributed by atoms with Crippen molar-refractivity contribution in [2.24, 2.45) is 5.41 Å². The SMILES string of the molecule is CN(C)C(=O)c1ccc(N2CC3(CCN(C4CCN(C(=O)OC(C)(C)C)CC4)CC3)C2)cc1Cl. The minimum atomic E-state index is -0.442. The molecule has 0 unspecified atom stereocenters. The molecule has 8 heteroatoms. The first-order valence-electron chi connectivity index (χ1n) is 12.4. The van der Waals surface area contributed by atoms with Crippen LogP contribution in [0.1, 0.15) is 56.8 Å². The minimum absolute atomic E-state index is 0.0686. The van der Waals surface area contributed by atoms with E-state index in [0.29, 0.717) is 22.0 Å². The molecular formula is C26H39ClN4O3. The predicted molar refractivity (Wildman–Crippen MR) is 136 cm³/mol. The third kappa shape index (κ3) is 5.46. The number of hydrogen-bond donors (Lipinski definition) is 0. The van der Waals surface area contributed by atoms with E-state index in [0.717, 1.165) is 57.8 Å². The number of likely N-dealkylation sites (tertiary alicyclic amines) is 2. The zero-order chi connectivity index (χ0) is 24.7. The third-order valence-electron chi connectivity index (χ3n) is 7.50. The van der Waals surface area contributed by atoms with E-state index in [2.05, 4.69) is 9.80 Å². The summed E-state index contributed by atoms with van der Waals surface area (Å²) in [6, 6.07) is 6.35. The van der Waals surface area contributed by atoms with Gasteiger partial charge in [-0.3, -0.25) is 4.79 Å². The van der Waals surface area contributed by atoms with E-state index in [-0.39, 0.29) is 12.0 Å². The molecule has 1 spiro atoms. The number of nitrogens with zero attached hydrogens (tertiary/aromatic N) is 4. The number of anilines is 1. The van der Waals surface area contributed by atoms with E-state index in [1.165, 1.54) is 12.8 Å². The van der Waals surface area contributed by atoms with Gasteiger partial charge in [-0.05, 0) is 77.7 Å². The molecule has 0 aromatic heterocycles. The van der Waals surface area contributed by atoms with Crippen molar-refractivity contribution in [1.29, 1.82) is 0 Å². The van der Waals surface area contributed by atoms with Crippen molar-refractivity contribution in [2.45, 2.75) is 58.1 Å². The first kappa shape index (κ1) is 25.1. The Labute approximate surface area is 208 Å². The van der Waals surface area contributed by atoms with Crippen LogP contribution in [0.15, 0.2) is 18.2 Å². The summed E-state index contributed by atoms with van der Waals surface area (Å²) < 4.78 is 5.53. The number of carbonyl (C=O) groups is 2. The molecule has 3 aliphatic heterocycles. The van der Waals surface area contributed by atoms with Crippen molar-refractivity contribution in [3.05, 3.63) is 28.8 Å². The standard InChI is InChI=1S/C26H39ClN4O3/c1-25(2,3)34-24(33)30-12-8-19(9-13-30)29-14-10-26(11-15-29)17-31(18-26)20-6-7-21(22(27)16-20)23(32)28(4)5/h6-7,16,19H,8-15,17-18H2,1-5H3. The smallest absolute Gasteiger partial charge is 0.410 e. The van der Waals surface area contributed by atoms with Crippen LogP contribution in [0.2, 0.25) is 5.02 Å². The number of carbonyl (C=O) groups excluding carboxylic acids is 2. The van der Waals surface area contributed by atoms with Crippen molar-refractivity contribution in [2.75, 3.05) is 58.3 Å². The van der Waals surface area contributed by atoms with Gasteiger partial charge in [0.25, 0.3) is 5.91 Å². The Morgan fingerprint density at radius 1 is 1.06 bits per heavy atom. The normalized spacial score (nSPS) is 21.4. The third-order valence-corrected chi connectivity index (χ3v) is 7.81. The second-order valence-electron chi connectivity index (χ2n) is 11.5. The van der Waals surface area contributed by atoms with Crippen molar-refractivity contribution < 1.29 is 14.3 Å². The lowest BCUT2D eigenvalue weighted by atomic mass is 9.71. The Bertz CT molecular complexity index is 905. The first-order chi connectivity index (χ1) is 16.0. The Hall–Kier alpha value is -1.99. The lowest BCUT2D eigenvalue weighted by molar-refractivity contribution is 0.00432. The maximum absolute atomic E-state index is 12.3. The molecule has 1 aromatic rings. The monoisotopic (exact) mass is 490 g/mol. The number of benzene rings is 1. The number of halogens is 1. The molecule has 0 aliphatic carbocycles. The van der Waals surface area contributed by atoms with Gasteiger partial charge in [0.2, 0.25) is 0 Å². The van der Waals surface area contributed by atoms with Gasteiger partial charge in [-0.25, -0.2) is 4.79 Å². The summed E-state index contributed by atoms with van der Waals surface area (Å²) in [6.45, 7) is 11.7. The lowest BCUT2D eigenvalue weighted by Gasteiger charge is -2.56. The number of ether oxygens (including phenoxy) is 1.